The third-order valence-corrected chi connectivity index (χ3v) is 4.31. The molecule has 6 nitrogen and oxygen atoms in total. The normalized spacial score (nSPS) is 16.7. The van der Waals surface area contributed by atoms with Crippen LogP contribution < -0.4 is 0 Å². The van der Waals surface area contributed by atoms with E-state index in [1.54, 1.807) is 0 Å². The molecule has 1 aliphatic rings. The summed E-state index contributed by atoms with van der Waals surface area (Å²) in [6.45, 7) is 3.12. The van der Waals surface area contributed by atoms with Crippen molar-refractivity contribution in [1.29, 1.82) is 0 Å². The molecule has 2 aromatic rings. The van der Waals surface area contributed by atoms with Gasteiger partial charge in [0.1, 0.15) is 0 Å². The van der Waals surface area contributed by atoms with Crippen LogP contribution in [0.15, 0.2) is 29.4 Å². The SMILES string of the molecule is CCCOC(=O)Cc1c2n(c3ccccc13)CC(N=[N+]=[N-])CC2. The summed E-state index contributed by atoms with van der Waals surface area (Å²) in [6, 6.07) is 8.05. The number of azide groups is 1. The number of carbonyl (C=O) groups is 1. The summed E-state index contributed by atoms with van der Waals surface area (Å²) in [4.78, 5) is 15.0. The van der Waals surface area contributed by atoms with Gasteiger partial charge >= 0.3 is 5.97 Å². The van der Waals surface area contributed by atoms with Crippen molar-refractivity contribution in [3.63, 3.8) is 0 Å². The third-order valence-electron chi connectivity index (χ3n) is 4.31. The van der Waals surface area contributed by atoms with Crippen molar-refractivity contribution in [2.75, 3.05) is 6.61 Å². The molecule has 1 aromatic heterocycles. The van der Waals surface area contributed by atoms with Gasteiger partial charge in [0.2, 0.25) is 0 Å². The van der Waals surface area contributed by atoms with Gasteiger partial charge in [-0.2, -0.15) is 0 Å². The minimum Gasteiger partial charge on any atom is -0.465 e. The Labute approximate surface area is 134 Å². The van der Waals surface area contributed by atoms with Gasteiger partial charge in [-0.25, -0.2) is 0 Å². The fraction of sp³-hybridized carbons (Fsp3) is 0.471. The molecule has 0 radical (unpaired) electrons. The zero-order valence-corrected chi connectivity index (χ0v) is 13.2. The summed E-state index contributed by atoms with van der Waals surface area (Å²) in [5.74, 6) is -0.178. The zero-order chi connectivity index (χ0) is 16.2. The van der Waals surface area contributed by atoms with Crippen molar-refractivity contribution >= 4 is 16.9 Å². The van der Waals surface area contributed by atoms with Crippen LogP contribution in [0.5, 0.6) is 0 Å². The summed E-state index contributed by atoms with van der Waals surface area (Å²) in [5.41, 5.74) is 12.0. The Morgan fingerprint density at radius 3 is 3.09 bits per heavy atom. The Hall–Kier alpha value is -2.46. The van der Waals surface area contributed by atoms with Crippen LogP contribution in [0.4, 0.5) is 0 Å². The molecule has 1 unspecified atom stereocenters. The van der Waals surface area contributed by atoms with Crippen LogP contribution in [0.25, 0.3) is 21.3 Å². The number of hydrogen-bond acceptors (Lipinski definition) is 3. The minimum absolute atomic E-state index is 0.0248. The molecule has 2 heterocycles. The quantitative estimate of drug-likeness (QED) is 0.364. The second-order valence-corrected chi connectivity index (χ2v) is 5.85. The second kappa shape index (κ2) is 6.75. The molecule has 1 aliphatic heterocycles. The van der Waals surface area contributed by atoms with E-state index in [0.29, 0.717) is 19.6 Å². The number of benzene rings is 1. The number of ether oxygens (including phenoxy) is 1. The smallest absolute Gasteiger partial charge is 0.310 e. The lowest BCUT2D eigenvalue weighted by Crippen LogP contribution is -2.23. The number of hydrogen-bond donors (Lipinski definition) is 0. The van der Waals surface area contributed by atoms with E-state index in [9.17, 15) is 4.79 Å². The van der Waals surface area contributed by atoms with Gasteiger partial charge in [-0.15, -0.1) is 0 Å². The summed E-state index contributed by atoms with van der Waals surface area (Å²) in [5, 5.41) is 4.96. The van der Waals surface area contributed by atoms with Crippen molar-refractivity contribution in [1.82, 2.24) is 4.57 Å². The van der Waals surface area contributed by atoms with Crippen LogP contribution in [0.3, 0.4) is 0 Å². The summed E-state index contributed by atoms with van der Waals surface area (Å²) >= 11 is 0. The fourth-order valence-electron chi connectivity index (χ4n) is 3.30. The highest BCUT2D eigenvalue weighted by Crippen LogP contribution is 2.32. The van der Waals surface area contributed by atoms with Crippen LogP contribution in [-0.2, 0) is 28.9 Å². The van der Waals surface area contributed by atoms with Gasteiger partial charge in [0.15, 0.2) is 0 Å². The lowest BCUT2D eigenvalue weighted by atomic mass is 10.0. The number of esters is 1. The molecule has 6 heteroatoms. The number of carbonyl (C=O) groups excluding carboxylic acids is 1. The fourth-order valence-corrected chi connectivity index (χ4v) is 3.30. The van der Waals surface area contributed by atoms with Crippen molar-refractivity contribution in [3.8, 4) is 0 Å². The summed E-state index contributed by atoms with van der Waals surface area (Å²) in [6.07, 6.45) is 2.76. The largest absolute Gasteiger partial charge is 0.465 e. The van der Waals surface area contributed by atoms with E-state index in [2.05, 4.69) is 20.7 Å². The molecule has 120 valence electrons. The minimum atomic E-state index is -0.178. The lowest BCUT2D eigenvalue weighted by molar-refractivity contribution is -0.142. The predicted molar refractivity (Wildman–Crippen MR) is 88.1 cm³/mol. The van der Waals surface area contributed by atoms with E-state index in [1.165, 1.54) is 5.69 Å². The van der Waals surface area contributed by atoms with E-state index in [-0.39, 0.29) is 12.0 Å². The molecule has 0 spiro atoms. The van der Waals surface area contributed by atoms with Crippen LogP contribution in [0, 0.1) is 0 Å². The zero-order valence-electron chi connectivity index (χ0n) is 13.2. The Kier molecular flexibility index (Phi) is 4.53. The maximum Gasteiger partial charge on any atom is 0.310 e. The predicted octanol–water partition coefficient (Wildman–Crippen LogP) is 3.76. The Bertz CT molecular complexity index is 774. The number of rotatable bonds is 5. The second-order valence-electron chi connectivity index (χ2n) is 5.85. The third kappa shape index (κ3) is 3.03. The molecule has 23 heavy (non-hydrogen) atoms. The van der Waals surface area contributed by atoms with Gasteiger partial charge in [0.05, 0.1) is 19.1 Å². The highest BCUT2D eigenvalue weighted by molar-refractivity contribution is 5.89. The Balaban J connectivity index is 1.99. The van der Waals surface area contributed by atoms with E-state index in [0.717, 1.165) is 35.7 Å². The first-order chi connectivity index (χ1) is 11.2. The Morgan fingerprint density at radius 1 is 1.48 bits per heavy atom. The number of para-hydroxylation sites is 1. The molecule has 0 saturated heterocycles. The molecule has 0 amide bonds. The van der Waals surface area contributed by atoms with Crippen LogP contribution in [0.2, 0.25) is 0 Å². The van der Waals surface area contributed by atoms with Gasteiger partial charge in [0, 0.05) is 28.1 Å². The van der Waals surface area contributed by atoms with Crippen molar-refractivity contribution in [2.45, 2.75) is 45.2 Å². The molecule has 3 rings (SSSR count). The van der Waals surface area contributed by atoms with E-state index in [1.807, 2.05) is 25.1 Å². The van der Waals surface area contributed by atoms with Crippen LogP contribution in [-0.4, -0.2) is 23.2 Å². The van der Waals surface area contributed by atoms with E-state index in [4.69, 9.17) is 10.3 Å². The summed E-state index contributed by atoms with van der Waals surface area (Å²) in [7, 11) is 0. The maximum absolute atomic E-state index is 12.1. The van der Waals surface area contributed by atoms with Gasteiger partial charge < -0.3 is 9.30 Å². The summed E-state index contributed by atoms with van der Waals surface area (Å²) < 4.78 is 7.44. The van der Waals surface area contributed by atoms with Gasteiger partial charge in [-0.05, 0) is 36.4 Å². The molecular weight excluding hydrogens is 292 g/mol. The average Bonchev–Trinajstić information content (AvgIpc) is 2.87. The molecule has 0 fully saturated rings. The monoisotopic (exact) mass is 312 g/mol. The molecule has 1 aromatic carbocycles. The van der Waals surface area contributed by atoms with Crippen molar-refractivity contribution in [2.24, 2.45) is 5.11 Å². The highest BCUT2D eigenvalue weighted by atomic mass is 16.5. The number of nitrogens with zero attached hydrogens (tertiary/aromatic N) is 4. The standard InChI is InChI=1S/C17H20N4O2/c1-2-9-23-17(22)10-14-13-5-3-4-6-15(13)21-11-12(19-20-18)7-8-16(14)21/h3-6,12H,2,7-11H2,1H3. The highest BCUT2D eigenvalue weighted by Gasteiger charge is 2.25. The first-order valence-electron chi connectivity index (χ1n) is 8.03. The molecule has 1 atom stereocenters. The maximum atomic E-state index is 12.1. The van der Waals surface area contributed by atoms with Crippen molar-refractivity contribution in [3.05, 3.63) is 46.0 Å². The van der Waals surface area contributed by atoms with Gasteiger partial charge in [0.25, 0.3) is 0 Å². The van der Waals surface area contributed by atoms with Gasteiger partial charge in [-0.3, -0.25) is 4.79 Å². The first kappa shape index (κ1) is 15.4. The van der Waals surface area contributed by atoms with E-state index >= 15 is 0 Å². The molecule has 0 bridgehead atoms. The van der Waals surface area contributed by atoms with Gasteiger partial charge in [-0.1, -0.05) is 30.2 Å². The molecular formula is C17H20N4O2. The van der Waals surface area contributed by atoms with E-state index < -0.39 is 0 Å². The number of fused-ring (bicyclic) bond motifs is 3. The van der Waals surface area contributed by atoms with Crippen molar-refractivity contribution < 1.29 is 9.53 Å². The molecule has 0 N–H and O–H groups in total. The Morgan fingerprint density at radius 2 is 2.30 bits per heavy atom. The first-order valence-corrected chi connectivity index (χ1v) is 8.03. The van der Waals surface area contributed by atoms with Crippen LogP contribution >= 0.6 is 0 Å². The molecule has 0 aliphatic carbocycles. The molecule has 0 saturated carbocycles. The lowest BCUT2D eigenvalue weighted by Gasteiger charge is -2.22. The topological polar surface area (TPSA) is 80.0 Å². The van der Waals surface area contributed by atoms with Crippen LogP contribution in [0.1, 0.15) is 31.0 Å². The number of aromatic nitrogens is 1. The average molecular weight is 312 g/mol.